The molecule has 0 bridgehead atoms. The SMILES string of the molecule is CN(C)CCNc1nc(Nc2ccc(C(F)(F)F)cc2)cc(-c2cccnc2)n1. The van der Waals surface area contributed by atoms with Gasteiger partial charge in [-0.2, -0.15) is 18.2 Å². The van der Waals surface area contributed by atoms with Crippen LogP contribution in [0.2, 0.25) is 0 Å². The standard InChI is InChI=1S/C20H21F3N6/c1-29(2)11-10-25-19-27-17(14-4-3-9-24-13-14)12-18(28-19)26-16-7-5-15(6-8-16)20(21,22)23/h3-9,12-13H,10-11H2,1-2H3,(H2,25,26,27,28). The van der Waals surface area contributed by atoms with Gasteiger partial charge in [0.25, 0.3) is 0 Å². The van der Waals surface area contributed by atoms with Crippen LogP contribution < -0.4 is 10.6 Å². The predicted octanol–water partition coefficient (Wildman–Crippen LogP) is 4.27. The molecule has 6 nitrogen and oxygen atoms in total. The summed E-state index contributed by atoms with van der Waals surface area (Å²) in [6.45, 7) is 1.44. The quantitative estimate of drug-likeness (QED) is 0.615. The molecule has 3 rings (SSSR count). The molecular formula is C20H21F3N6. The van der Waals surface area contributed by atoms with Crippen molar-refractivity contribution in [2.24, 2.45) is 0 Å². The van der Waals surface area contributed by atoms with Gasteiger partial charge in [-0.1, -0.05) is 0 Å². The topological polar surface area (TPSA) is 66.0 Å². The molecule has 0 atom stereocenters. The number of hydrogen-bond donors (Lipinski definition) is 2. The largest absolute Gasteiger partial charge is 0.416 e. The van der Waals surface area contributed by atoms with Crippen LogP contribution in [0.15, 0.2) is 54.9 Å². The first kappa shape index (κ1) is 20.5. The summed E-state index contributed by atoms with van der Waals surface area (Å²) in [4.78, 5) is 15.1. The van der Waals surface area contributed by atoms with E-state index in [1.54, 1.807) is 24.5 Å². The maximum atomic E-state index is 12.8. The monoisotopic (exact) mass is 402 g/mol. The molecule has 0 aliphatic carbocycles. The van der Waals surface area contributed by atoms with Crippen molar-refractivity contribution in [3.05, 3.63) is 60.4 Å². The molecule has 0 radical (unpaired) electrons. The highest BCUT2D eigenvalue weighted by Gasteiger charge is 2.29. The minimum Gasteiger partial charge on any atom is -0.353 e. The number of nitrogens with one attached hydrogen (secondary N) is 2. The molecule has 29 heavy (non-hydrogen) atoms. The van der Waals surface area contributed by atoms with Crippen molar-refractivity contribution in [3.8, 4) is 11.3 Å². The number of nitrogens with zero attached hydrogens (tertiary/aromatic N) is 4. The van der Waals surface area contributed by atoms with E-state index in [1.165, 1.54) is 12.1 Å². The number of halogens is 3. The first-order valence-electron chi connectivity index (χ1n) is 8.93. The van der Waals surface area contributed by atoms with Crippen molar-refractivity contribution in [3.63, 3.8) is 0 Å². The van der Waals surface area contributed by atoms with Crippen LogP contribution in [0.3, 0.4) is 0 Å². The molecular weight excluding hydrogens is 381 g/mol. The molecule has 2 heterocycles. The average molecular weight is 402 g/mol. The van der Waals surface area contributed by atoms with Gasteiger partial charge in [-0.15, -0.1) is 0 Å². The Morgan fingerprint density at radius 3 is 2.41 bits per heavy atom. The van der Waals surface area contributed by atoms with Gasteiger partial charge in [0.1, 0.15) is 5.82 Å². The van der Waals surface area contributed by atoms with E-state index in [-0.39, 0.29) is 0 Å². The molecule has 0 saturated heterocycles. The summed E-state index contributed by atoms with van der Waals surface area (Å²) in [5.41, 5.74) is 1.25. The molecule has 0 aliphatic rings. The van der Waals surface area contributed by atoms with Gasteiger partial charge in [0.2, 0.25) is 5.95 Å². The Hall–Kier alpha value is -3.20. The zero-order chi connectivity index (χ0) is 20.9. The normalized spacial score (nSPS) is 11.5. The molecule has 152 valence electrons. The highest BCUT2D eigenvalue weighted by Crippen LogP contribution is 2.30. The lowest BCUT2D eigenvalue weighted by Gasteiger charge is -2.13. The van der Waals surface area contributed by atoms with Gasteiger partial charge in [0, 0.05) is 42.8 Å². The summed E-state index contributed by atoms with van der Waals surface area (Å²) in [6.07, 6.45) is -1.01. The number of benzene rings is 1. The Morgan fingerprint density at radius 2 is 1.79 bits per heavy atom. The van der Waals surface area contributed by atoms with E-state index in [2.05, 4.69) is 25.6 Å². The van der Waals surface area contributed by atoms with E-state index in [0.29, 0.717) is 29.7 Å². The van der Waals surface area contributed by atoms with Crippen molar-refractivity contribution in [1.82, 2.24) is 19.9 Å². The fraction of sp³-hybridized carbons (Fsp3) is 0.250. The number of anilines is 3. The van der Waals surface area contributed by atoms with Crippen LogP contribution in [0, 0.1) is 0 Å². The Labute approximate surface area is 166 Å². The number of rotatable bonds is 7. The highest BCUT2D eigenvalue weighted by atomic mass is 19.4. The van der Waals surface area contributed by atoms with Crippen LogP contribution in [0.25, 0.3) is 11.3 Å². The molecule has 9 heteroatoms. The minimum atomic E-state index is -4.37. The third-order valence-electron chi connectivity index (χ3n) is 4.01. The maximum absolute atomic E-state index is 12.8. The Kier molecular flexibility index (Phi) is 6.28. The number of hydrogen-bond acceptors (Lipinski definition) is 6. The smallest absolute Gasteiger partial charge is 0.353 e. The number of pyridine rings is 1. The molecule has 0 amide bonds. The van der Waals surface area contributed by atoms with Crippen LogP contribution in [-0.4, -0.2) is 47.0 Å². The number of alkyl halides is 3. The zero-order valence-electron chi connectivity index (χ0n) is 16.0. The van der Waals surface area contributed by atoms with Crippen LogP contribution in [-0.2, 0) is 6.18 Å². The van der Waals surface area contributed by atoms with Crippen LogP contribution in [0.4, 0.5) is 30.6 Å². The van der Waals surface area contributed by atoms with Gasteiger partial charge in [0.15, 0.2) is 0 Å². The predicted molar refractivity (Wildman–Crippen MR) is 107 cm³/mol. The van der Waals surface area contributed by atoms with Crippen molar-refractivity contribution in [2.75, 3.05) is 37.8 Å². The van der Waals surface area contributed by atoms with Crippen molar-refractivity contribution in [2.45, 2.75) is 6.18 Å². The second-order valence-electron chi connectivity index (χ2n) is 6.63. The van der Waals surface area contributed by atoms with E-state index in [0.717, 1.165) is 24.2 Å². The lowest BCUT2D eigenvalue weighted by molar-refractivity contribution is -0.137. The van der Waals surface area contributed by atoms with Gasteiger partial charge in [-0.05, 0) is 50.5 Å². The summed E-state index contributed by atoms with van der Waals surface area (Å²) in [5.74, 6) is 0.883. The second-order valence-corrected chi connectivity index (χ2v) is 6.63. The van der Waals surface area contributed by atoms with Gasteiger partial charge >= 0.3 is 6.18 Å². The lowest BCUT2D eigenvalue weighted by Crippen LogP contribution is -2.21. The van der Waals surface area contributed by atoms with Crippen molar-refractivity contribution in [1.29, 1.82) is 0 Å². The molecule has 2 aromatic heterocycles. The summed E-state index contributed by atoms with van der Waals surface area (Å²) in [6, 6.07) is 10.2. The molecule has 1 aromatic carbocycles. The average Bonchev–Trinajstić information content (AvgIpc) is 2.68. The molecule has 2 N–H and O–H groups in total. The molecule has 0 spiro atoms. The van der Waals surface area contributed by atoms with E-state index in [9.17, 15) is 13.2 Å². The summed E-state index contributed by atoms with van der Waals surface area (Å²) >= 11 is 0. The third-order valence-corrected chi connectivity index (χ3v) is 4.01. The zero-order valence-corrected chi connectivity index (χ0v) is 16.0. The number of aromatic nitrogens is 3. The molecule has 3 aromatic rings. The van der Waals surface area contributed by atoms with E-state index >= 15 is 0 Å². The number of likely N-dealkylation sites (N-methyl/N-ethyl adjacent to an activating group) is 1. The van der Waals surface area contributed by atoms with Crippen LogP contribution in [0.5, 0.6) is 0 Å². The minimum absolute atomic E-state index is 0.419. The summed E-state index contributed by atoms with van der Waals surface area (Å²) in [7, 11) is 3.93. The van der Waals surface area contributed by atoms with Crippen LogP contribution >= 0.6 is 0 Å². The van der Waals surface area contributed by atoms with Gasteiger partial charge < -0.3 is 15.5 Å². The van der Waals surface area contributed by atoms with Crippen molar-refractivity contribution >= 4 is 17.5 Å². The lowest BCUT2D eigenvalue weighted by atomic mass is 10.2. The van der Waals surface area contributed by atoms with Gasteiger partial charge in [0.05, 0.1) is 11.3 Å². The molecule has 0 saturated carbocycles. The fourth-order valence-electron chi connectivity index (χ4n) is 2.53. The van der Waals surface area contributed by atoms with Crippen molar-refractivity contribution < 1.29 is 13.2 Å². The molecule has 0 unspecified atom stereocenters. The Bertz CT molecular complexity index is 927. The summed E-state index contributed by atoms with van der Waals surface area (Å²) in [5, 5.41) is 6.21. The van der Waals surface area contributed by atoms with E-state index in [1.807, 2.05) is 25.1 Å². The van der Waals surface area contributed by atoms with E-state index < -0.39 is 11.7 Å². The van der Waals surface area contributed by atoms with Gasteiger partial charge in [-0.25, -0.2) is 4.98 Å². The summed E-state index contributed by atoms with van der Waals surface area (Å²) < 4.78 is 38.3. The van der Waals surface area contributed by atoms with E-state index in [4.69, 9.17) is 0 Å². The second kappa shape index (κ2) is 8.87. The third kappa shape index (κ3) is 5.89. The highest BCUT2D eigenvalue weighted by molar-refractivity contribution is 5.67. The Balaban J connectivity index is 1.86. The first-order valence-corrected chi connectivity index (χ1v) is 8.93. The Morgan fingerprint density at radius 1 is 1.03 bits per heavy atom. The molecule has 0 fully saturated rings. The first-order chi connectivity index (χ1) is 13.8. The fourth-order valence-corrected chi connectivity index (χ4v) is 2.53. The molecule has 0 aliphatic heterocycles. The van der Waals surface area contributed by atoms with Gasteiger partial charge in [-0.3, -0.25) is 4.98 Å². The maximum Gasteiger partial charge on any atom is 0.416 e. The van der Waals surface area contributed by atoms with Crippen LogP contribution in [0.1, 0.15) is 5.56 Å².